The number of piperidine rings is 2. The molecule has 1 N–H and O–H groups in total. The lowest BCUT2D eigenvalue weighted by molar-refractivity contribution is -0.136. The molecule has 26 heavy (non-hydrogen) atoms. The van der Waals surface area contributed by atoms with Crippen LogP contribution in [0.5, 0.6) is 0 Å². The van der Waals surface area contributed by atoms with Crippen molar-refractivity contribution in [3.8, 4) is 0 Å². The summed E-state index contributed by atoms with van der Waals surface area (Å²) in [6.45, 7) is 7.20. The largest absolute Gasteiger partial charge is 0.321 e. The van der Waals surface area contributed by atoms with Crippen molar-refractivity contribution in [1.29, 1.82) is 0 Å². The Morgan fingerprint density at radius 1 is 1.15 bits per heavy atom. The first-order valence-corrected chi connectivity index (χ1v) is 10.3. The Bertz CT molecular complexity index is 749. The van der Waals surface area contributed by atoms with E-state index < -0.39 is 6.04 Å². The lowest BCUT2D eigenvalue weighted by Crippen LogP contribution is -2.52. The Kier molecular flexibility index (Phi) is 4.61. The average molecular weight is 375 g/mol. The van der Waals surface area contributed by atoms with Crippen LogP contribution in [0.2, 0.25) is 0 Å². The third-order valence-corrected chi connectivity index (χ3v) is 7.16. The van der Waals surface area contributed by atoms with Crippen LogP contribution in [-0.2, 0) is 16.1 Å². The Balaban J connectivity index is 1.44. The molecular weight excluding hydrogens is 350 g/mol. The van der Waals surface area contributed by atoms with Crippen LogP contribution in [0.4, 0.5) is 0 Å². The first-order chi connectivity index (χ1) is 12.4. The van der Waals surface area contributed by atoms with Crippen LogP contribution >= 0.6 is 11.3 Å². The van der Waals surface area contributed by atoms with Gasteiger partial charge in [-0.2, -0.15) is 0 Å². The zero-order chi connectivity index (χ0) is 18.4. The molecule has 1 aromatic heterocycles. The highest BCUT2D eigenvalue weighted by atomic mass is 32.1. The van der Waals surface area contributed by atoms with Crippen molar-refractivity contribution in [3.63, 3.8) is 0 Å². The van der Waals surface area contributed by atoms with Gasteiger partial charge in [-0.25, -0.2) is 0 Å². The number of rotatable bonds is 3. The van der Waals surface area contributed by atoms with Crippen LogP contribution in [0.3, 0.4) is 0 Å². The highest BCUT2D eigenvalue weighted by Gasteiger charge is 2.40. The maximum absolute atomic E-state index is 12.8. The summed E-state index contributed by atoms with van der Waals surface area (Å²) in [6, 6.07) is 2.13. The van der Waals surface area contributed by atoms with E-state index in [4.69, 9.17) is 0 Å². The standard InChI is InChI=1S/C19H25N3O3S/c1-11(2)21-7-5-12(6-8-21)15-9-13-16(26-15)10-22(19(13)25)14-3-4-17(23)20-18(14)24/h9,11-12,14H,3-8,10H2,1-2H3,(H,20,23,24). The molecule has 3 aliphatic heterocycles. The molecule has 0 saturated carbocycles. The predicted molar refractivity (Wildman–Crippen MR) is 99.0 cm³/mol. The van der Waals surface area contributed by atoms with Crippen LogP contribution in [0.15, 0.2) is 6.07 Å². The van der Waals surface area contributed by atoms with Crippen LogP contribution in [0.25, 0.3) is 0 Å². The van der Waals surface area contributed by atoms with E-state index in [1.165, 1.54) is 4.88 Å². The number of hydrogen-bond donors (Lipinski definition) is 1. The van der Waals surface area contributed by atoms with Gasteiger partial charge in [0.05, 0.1) is 12.1 Å². The van der Waals surface area contributed by atoms with Gasteiger partial charge >= 0.3 is 0 Å². The molecule has 3 aliphatic rings. The fraction of sp³-hybridized carbons (Fsp3) is 0.632. The number of carbonyl (C=O) groups is 3. The molecule has 0 aliphatic carbocycles. The summed E-state index contributed by atoms with van der Waals surface area (Å²) >= 11 is 1.73. The van der Waals surface area contributed by atoms with Crippen LogP contribution in [0.1, 0.15) is 65.6 Å². The Morgan fingerprint density at radius 2 is 1.88 bits per heavy atom. The van der Waals surface area contributed by atoms with Crippen molar-refractivity contribution >= 4 is 29.1 Å². The van der Waals surface area contributed by atoms with Gasteiger partial charge in [-0.1, -0.05) is 0 Å². The molecule has 140 valence electrons. The van der Waals surface area contributed by atoms with Gasteiger partial charge in [0, 0.05) is 22.2 Å². The molecule has 6 nitrogen and oxygen atoms in total. The van der Waals surface area contributed by atoms with Gasteiger partial charge in [0.25, 0.3) is 5.91 Å². The third-order valence-electron chi connectivity index (χ3n) is 5.88. The Labute approximate surface area is 157 Å². The zero-order valence-electron chi connectivity index (χ0n) is 15.3. The minimum atomic E-state index is -0.516. The van der Waals surface area contributed by atoms with E-state index in [2.05, 4.69) is 30.1 Å². The van der Waals surface area contributed by atoms with Crippen LogP contribution in [0, 0.1) is 0 Å². The summed E-state index contributed by atoms with van der Waals surface area (Å²) < 4.78 is 0. The van der Waals surface area contributed by atoms with E-state index in [0.717, 1.165) is 36.4 Å². The molecule has 4 rings (SSSR count). The number of fused-ring (bicyclic) bond motifs is 1. The second kappa shape index (κ2) is 6.78. The van der Waals surface area contributed by atoms with E-state index in [1.807, 2.05) is 0 Å². The fourth-order valence-corrected chi connectivity index (χ4v) is 5.59. The summed E-state index contributed by atoms with van der Waals surface area (Å²) in [5, 5.41) is 2.35. The lowest BCUT2D eigenvalue weighted by atomic mass is 9.94. The summed E-state index contributed by atoms with van der Waals surface area (Å²) in [5.41, 5.74) is 0.765. The van der Waals surface area contributed by atoms with Crippen molar-refractivity contribution in [2.24, 2.45) is 0 Å². The summed E-state index contributed by atoms with van der Waals surface area (Å²) in [5.74, 6) is -0.109. The highest BCUT2D eigenvalue weighted by Crippen LogP contribution is 2.39. The number of nitrogens with one attached hydrogen (secondary N) is 1. The fourth-order valence-electron chi connectivity index (χ4n) is 4.26. The summed E-state index contributed by atoms with van der Waals surface area (Å²) in [7, 11) is 0. The van der Waals surface area contributed by atoms with Crippen molar-refractivity contribution in [1.82, 2.24) is 15.1 Å². The molecule has 0 aromatic carbocycles. The molecule has 0 spiro atoms. The number of carbonyl (C=O) groups excluding carboxylic acids is 3. The van der Waals surface area contributed by atoms with Gasteiger partial charge in [-0.3, -0.25) is 19.7 Å². The number of amides is 3. The van der Waals surface area contributed by atoms with Crippen LogP contribution < -0.4 is 5.32 Å². The number of imide groups is 1. The van der Waals surface area contributed by atoms with Gasteiger partial charge in [-0.15, -0.1) is 11.3 Å². The molecular formula is C19H25N3O3S. The van der Waals surface area contributed by atoms with Gasteiger partial charge in [0.2, 0.25) is 11.8 Å². The predicted octanol–water partition coefficient (Wildman–Crippen LogP) is 2.10. The Hall–Kier alpha value is -1.73. The van der Waals surface area contributed by atoms with Crippen molar-refractivity contribution in [2.45, 2.75) is 64.1 Å². The summed E-state index contributed by atoms with van der Waals surface area (Å²) in [4.78, 5) is 42.8. The van der Waals surface area contributed by atoms with Crippen molar-refractivity contribution in [2.75, 3.05) is 13.1 Å². The monoisotopic (exact) mass is 375 g/mol. The number of hydrogen-bond acceptors (Lipinski definition) is 5. The number of thiophene rings is 1. The molecule has 0 radical (unpaired) electrons. The van der Waals surface area contributed by atoms with E-state index in [1.54, 1.807) is 16.2 Å². The third kappa shape index (κ3) is 3.07. The average Bonchev–Trinajstić information content (AvgIpc) is 3.15. The zero-order valence-corrected chi connectivity index (χ0v) is 16.1. The van der Waals surface area contributed by atoms with E-state index in [0.29, 0.717) is 31.3 Å². The van der Waals surface area contributed by atoms with E-state index >= 15 is 0 Å². The molecule has 4 heterocycles. The van der Waals surface area contributed by atoms with Gasteiger partial charge in [0.15, 0.2) is 0 Å². The SMILES string of the molecule is CC(C)N1CCC(c2cc3c(s2)CN(C2CCC(=O)NC2=O)C3=O)CC1. The second-order valence-corrected chi connectivity index (χ2v) is 8.96. The molecule has 1 atom stereocenters. The molecule has 3 amide bonds. The smallest absolute Gasteiger partial charge is 0.256 e. The van der Waals surface area contributed by atoms with Crippen molar-refractivity contribution < 1.29 is 14.4 Å². The first kappa shape index (κ1) is 17.7. The van der Waals surface area contributed by atoms with E-state index in [9.17, 15) is 14.4 Å². The first-order valence-electron chi connectivity index (χ1n) is 9.45. The highest BCUT2D eigenvalue weighted by molar-refractivity contribution is 7.12. The number of likely N-dealkylation sites (tertiary alicyclic amines) is 1. The molecule has 7 heteroatoms. The maximum atomic E-state index is 12.8. The van der Waals surface area contributed by atoms with E-state index in [-0.39, 0.29) is 17.7 Å². The number of nitrogens with zero attached hydrogens (tertiary/aromatic N) is 2. The topological polar surface area (TPSA) is 69.7 Å². The maximum Gasteiger partial charge on any atom is 0.256 e. The summed E-state index contributed by atoms with van der Waals surface area (Å²) in [6.07, 6.45) is 3.00. The van der Waals surface area contributed by atoms with Crippen LogP contribution in [-0.4, -0.2) is 52.7 Å². The molecule has 0 bridgehead atoms. The normalized spacial score (nSPS) is 25.1. The molecule has 2 fully saturated rings. The minimum Gasteiger partial charge on any atom is -0.321 e. The van der Waals surface area contributed by atoms with Gasteiger partial charge < -0.3 is 9.80 Å². The van der Waals surface area contributed by atoms with Crippen molar-refractivity contribution in [3.05, 3.63) is 21.4 Å². The quantitative estimate of drug-likeness (QED) is 0.822. The Morgan fingerprint density at radius 3 is 2.50 bits per heavy atom. The van der Waals surface area contributed by atoms with Gasteiger partial charge in [-0.05, 0) is 58.2 Å². The minimum absolute atomic E-state index is 0.0587. The lowest BCUT2D eigenvalue weighted by Gasteiger charge is -2.34. The molecule has 1 aromatic rings. The molecule has 2 saturated heterocycles. The van der Waals surface area contributed by atoms with Gasteiger partial charge in [0.1, 0.15) is 6.04 Å². The molecule has 1 unspecified atom stereocenters. The second-order valence-electron chi connectivity index (χ2n) is 7.79.